The number of piperazine rings is 1. The Morgan fingerprint density at radius 1 is 1.10 bits per heavy atom. The van der Waals surface area contributed by atoms with Crippen molar-refractivity contribution in [2.75, 3.05) is 62.4 Å². The molecular formula is C21H27N5O3. The summed E-state index contributed by atoms with van der Waals surface area (Å²) in [5.74, 6) is -0.367. The van der Waals surface area contributed by atoms with E-state index in [4.69, 9.17) is 0 Å². The van der Waals surface area contributed by atoms with E-state index in [1.165, 1.54) is 6.07 Å². The van der Waals surface area contributed by atoms with E-state index in [-0.39, 0.29) is 17.2 Å². The van der Waals surface area contributed by atoms with E-state index in [0.717, 1.165) is 37.4 Å². The Morgan fingerprint density at radius 3 is 2.38 bits per heavy atom. The average Bonchev–Trinajstić information content (AvgIpc) is 2.69. The predicted octanol–water partition coefficient (Wildman–Crippen LogP) is 2.97. The minimum Gasteiger partial charge on any atom is -0.372 e. The zero-order chi connectivity index (χ0) is 21.1. The SMILES string of the molecule is Cc1cc(N2CCN(C)CC2)ccc1NC(=O)c1ccc(N(C)C)c([N+](=O)[O-])c1. The molecule has 0 saturated carbocycles. The molecule has 2 aromatic rings. The van der Waals surface area contributed by atoms with Gasteiger partial charge in [-0.2, -0.15) is 0 Å². The molecule has 8 heteroatoms. The Labute approximate surface area is 170 Å². The smallest absolute Gasteiger partial charge is 0.293 e. The van der Waals surface area contributed by atoms with Crippen LogP contribution in [0.1, 0.15) is 15.9 Å². The Balaban J connectivity index is 1.77. The van der Waals surface area contributed by atoms with Gasteiger partial charge in [0.2, 0.25) is 0 Å². The summed E-state index contributed by atoms with van der Waals surface area (Å²) in [5.41, 5.74) is 3.41. The van der Waals surface area contributed by atoms with Gasteiger partial charge in [0.15, 0.2) is 0 Å². The maximum Gasteiger partial charge on any atom is 0.293 e. The van der Waals surface area contributed by atoms with Crippen LogP contribution in [-0.2, 0) is 0 Å². The molecule has 154 valence electrons. The third kappa shape index (κ3) is 4.65. The second-order valence-corrected chi connectivity index (χ2v) is 7.60. The molecule has 1 amide bonds. The second kappa shape index (κ2) is 8.48. The van der Waals surface area contributed by atoms with Crippen molar-refractivity contribution in [1.82, 2.24) is 4.90 Å². The molecule has 0 atom stereocenters. The molecule has 1 heterocycles. The number of carbonyl (C=O) groups excluding carboxylic acids is 1. The first kappa shape index (κ1) is 20.6. The highest BCUT2D eigenvalue weighted by molar-refractivity contribution is 6.05. The number of nitro benzene ring substituents is 1. The number of carbonyl (C=O) groups is 1. The molecule has 8 nitrogen and oxygen atoms in total. The van der Waals surface area contributed by atoms with Gasteiger partial charge in [-0.25, -0.2) is 0 Å². The van der Waals surface area contributed by atoms with Gasteiger partial charge in [0, 0.05) is 63.3 Å². The molecule has 0 spiro atoms. The summed E-state index contributed by atoms with van der Waals surface area (Å²) in [7, 11) is 5.58. The Morgan fingerprint density at radius 2 is 1.79 bits per heavy atom. The van der Waals surface area contributed by atoms with E-state index in [2.05, 4.69) is 28.2 Å². The molecule has 0 radical (unpaired) electrons. The van der Waals surface area contributed by atoms with Crippen molar-refractivity contribution >= 4 is 28.7 Å². The minimum absolute atomic E-state index is 0.0928. The van der Waals surface area contributed by atoms with E-state index in [0.29, 0.717) is 11.4 Å². The van der Waals surface area contributed by atoms with Gasteiger partial charge in [0.05, 0.1) is 4.92 Å². The van der Waals surface area contributed by atoms with Crippen LogP contribution in [-0.4, -0.2) is 63.1 Å². The zero-order valence-corrected chi connectivity index (χ0v) is 17.3. The quantitative estimate of drug-likeness (QED) is 0.617. The van der Waals surface area contributed by atoms with Crippen molar-refractivity contribution in [2.45, 2.75) is 6.92 Å². The zero-order valence-electron chi connectivity index (χ0n) is 17.3. The molecule has 0 aliphatic carbocycles. The number of benzene rings is 2. The van der Waals surface area contributed by atoms with E-state index >= 15 is 0 Å². The molecular weight excluding hydrogens is 370 g/mol. The lowest BCUT2D eigenvalue weighted by molar-refractivity contribution is -0.384. The van der Waals surface area contributed by atoms with Gasteiger partial charge in [-0.1, -0.05) is 0 Å². The highest BCUT2D eigenvalue weighted by Gasteiger charge is 2.20. The normalized spacial score (nSPS) is 14.6. The Hall–Kier alpha value is -3.13. The van der Waals surface area contributed by atoms with Crippen molar-refractivity contribution in [3.63, 3.8) is 0 Å². The largest absolute Gasteiger partial charge is 0.372 e. The van der Waals surface area contributed by atoms with Crippen LogP contribution < -0.4 is 15.1 Å². The van der Waals surface area contributed by atoms with Crippen LogP contribution in [0.4, 0.5) is 22.7 Å². The lowest BCUT2D eigenvalue weighted by Crippen LogP contribution is -2.44. The standard InChI is InChI=1S/C21H27N5O3/c1-15-13-17(25-11-9-24(4)10-12-25)6-7-18(15)22-21(27)16-5-8-19(23(2)3)20(14-16)26(28)29/h5-8,13-14H,9-12H2,1-4H3,(H,22,27). The summed E-state index contributed by atoms with van der Waals surface area (Å²) < 4.78 is 0. The summed E-state index contributed by atoms with van der Waals surface area (Å²) in [6.45, 7) is 5.96. The topological polar surface area (TPSA) is 82.0 Å². The van der Waals surface area contributed by atoms with Gasteiger partial charge >= 0.3 is 0 Å². The number of aryl methyl sites for hydroxylation is 1. The molecule has 1 aliphatic heterocycles. The fraction of sp³-hybridized carbons (Fsp3) is 0.381. The first-order valence-corrected chi connectivity index (χ1v) is 9.57. The van der Waals surface area contributed by atoms with Crippen LogP contribution in [0, 0.1) is 17.0 Å². The van der Waals surface area contributed by atoms with E-state index in [1.54, 1.807) is 31.1 Å². The Kier molecular flexibility index (Phi) is 6.03. The van der Waals surface area contributed by atoms with Gasteiger partial charge in [-0.05, 0) is 49.9 Å². The highest BCUT2D eigenvalue weighted by atomic mass is 16.6. The van der Waals surface area contributed by atoms with Crippen LogP contribution >= 0.6 is 0 Å². The van der Waals surface area contributed by atoms with Gasteiger partial charge < -0.3 is 20.0 Å². The van der Waals surface area contributed by atoms with Crippen molar-refractivity contribution < 1.29 is 9.72 Å². The highest BCUT2D eigenvalue weighted by Crippen LogP contribution is 2.29. The number of hydrogen-bond donors (Lipinski definition) is 1. The van der Waals surface area contributed by atoms with Crippen LogP contribution in [0.3, 0.4) is 0 Å². The first-order valence-electron chi connectivity index (χ1n) is 9.57. The van der Waals surface area contributed by atoms with Gasteiger partial charge in [-0.15, -0.1) is 0 Å². The molecule has 0 unspecified atom stereocenters. The monoisotopic (exact) mass is 397 g/mol. The first-order chi connectivity index (χ1) is 13.8. The van der Waals surface area contributed by atoms with Crippen molar-refractivity contribution in [2.24, 2.45) is 0 Å². The molecule has 3 rings (SSSR count). The van der Waals surface area contributed by atoms with Crippen molar-refractivity contribution in [1.29, 1.82) is 0 Å². The number of amides is 1. The third-order valence-electron chi connectivity index (χ3n) is 5.24. The van der Waals surface area contributed by atoms with Crippen LogP contribution in [0.2, 0.25) is 0 Å². The molecule has 1 aliphatic rings. The molecule has 29 heavy (non-hydrogen) atoms. The number of nitrogens with one attached hydrogen (secondary N) is 1. The van der Waals surface area contributed by atoms with E-state index < -0.39 is 4.92 Å². The van der Waals surface area contributed by atoms with Crippen molar-refractivity contribution in [3.8, 4) is 0 Å². The van der Waals surface area contributed by atoms with Crippen LogP contribution in [0.5, 0.6) is 0 Å². The number of anilines is 3. The lowest BCUT2D eigenvalue weighted by atomic mass is 10.1. The molecule has 0 aromatic heterocycles. The predicted molar refractivity (Wildman–Crippen MR) is 116 cm³/mol. The number of nitro groups is 1. The number of hydrogen-bond acceptors (Lipinski definition) is 6. The number of likely N-dealkylation sites (N-methyl/N-ethyl adjacent to an activating group) is 1. The third-order valence-corrected chi connectivity index (χ3v) is 5.24. The number of nitrogens with zero attached hydrogens (tertiary/aromatic N) is 4. The molecule has 1 fully saturated rings. The van der Waals surface area contributed by atoms with E-state index in [1.807, 2.05) is 19.1 Å². The van der Waals surface area contributed by atoms with Crippen LogP contribution in [0.25, 0.3) is 0 Å². The molecule has 0 bridgehead atoms. The molecule has 1 saturated heterocycles. The second-order valence-electron chi connectivity index (χ2n) is 7.60. The van der Waals surface area contributed by atoms with Gasteiger partial charge in [0.1, 0.15) is 5.69 Å². The summed E-state index contributed by atoms with van der Waals surface area (Å²) in [5, 5.41) is 14.2. The molecule has 2 aromatic carbocycles. The maximum atomic E-state index is 12.7. The lowest BCUT2D eigenvalue weighted by Gasteiger charge is -2.34. The number of rotatable bonds is 5. The van der Waals surface area contributed by atoms with Crippen molar-refractivity contribution in [3.05, 3.63) is 57.6 Å². The maximum absolute atomic E-state index is 12.7. The fourth-order valence-corrected chi connectivity index (χ4v) is 3.43. The van der Waals surface area contributed by atoms with Gasteiger partial charge in [-0.3, -0.25) is 14.9 Å². The fourth-order valence-electron chi connectivity index (χ4n) is 3.43. The van der Waals surface area contributed by atoms with Gasteiger partial charge in [0.25, 0.3) is 11.6 Å². The summed E-state index contributed by atoms with van der Waals surface area (Å²) in [6, 6.07) is 10.5. The average molecular weight is 397 g/mol. The molecule has 1 N–H and O–H groups in total. The Bertz CT molecular complexity index is 921. The van der Waals surface area contributed by atoms with E-state index in [9.17, 15) is 14.9 Å². The summed E-state index contributed by atoms with van der Waals surface area (Å²) >= 11 is 0. The minimum atomic E-state index is -0.470. The summed E-state index contributed by atoms with van der Waals surface area (Å²) in [6.07, 6.45) is 0. The summed E-state index contributed by atoms with van der Waals surface area (Å²) in [4.78, 5) is 29.9. The van der Waals surface area contributed by atoms with Crippen LogP contribution in [0.15, 0.2) is 36.4 Å².